The molecule has 3 nitrogen and oxygen atoms in total. The van der Waals surface area contributed by atoms with Crippen LogP contribution in [0, 0.1) is 11.3 Å². The Labute approximate surface area is 72.7 Å². The number of hydrogen-bond donors (Lipinski definition) is 2. The molecule has 0 aromatic heterocycles. The first kappa shape index (κ1) is 8.05. The standard InChI is InChI=1S/C9H16N2O/c10-5-7-6-11-8(12)4-9(7)2-1-3-9/h7H,1-6,10H2,(H,11,12). The fourth-order valence-electron chi connectivity index (χ4n) is 2.53. The van der Waals surface area contributed by atoms with Crippen molar-refractivity contribution in [3.05, 3.63) is 0 Å². The summed E-state index contributed by atoms with van der Waals surface area (Å²) < 4.78 is 0. The Kier molecular flexibility index (Phi) is 1.83. The van der Waals surface area contributed by atoms with Gasteiger partial charge in [0.05, 0.1) is 0 Å². The molecule has 1 unspecified atom stereocenters. The number of rotatable bonds is 1. The predicted octanol–water partition coefficient (Wildman–Crippen LogP) is 0.251. The second-order valence-electron chi connectivity index (χ2n) is 4.13. The van der Waals surface area contributed by atoms with E-state index in [-0.39, 0.29) is 5.91 Å². The zero-order chi connectivity index (χ0) is 8.60. The van der Waals surface area contributed by atoms with E-state index < -0.39 is 0 Å². The topological polar surface area (TPSA) is 55.1 Å². The molecule has 2 rings (SSSR count). The fraction of sp³-hybridized carbons (Fsp3) is 0.889. The first-order valence-corrected chi connectivity index (χ1v) is 4.74. The van der Waals surface area contributed by atoms with Gasteiger partial charge in [-0.1, -0.05) is 6.42 Å². The average molecular weight is 168 g/mol. The molecule has 1 atom stereocenters. The van der Waals surface area contributed by atoms with Gasteiger partial charge < -0.3 is 11.1 Å². The van der Waals surface area contributed by atoms with Gasteiger partial charge in [-0.25, -0.2) is 0 Å². The molecule has 1 spiro atoms. The van der Waals surface area contributed by atoms with Crippen LogP contribution in [0.4, 0.5) is 0 Å². The van der Waals surface area contributed by atoms with Crippen LogP contribution in [0.1, 0.15) is 25.7 Å². The Bertz CT molecular complexity index is 199. The second kappa shape index (κ2) is 2.73. The van der Waals surface area contributed by atoms with Crippen LogP contribution in [-0.2, 0) is 4.79 Å². The number of amides is 1. The van der Waals surface area contributed by atoms with Crippen LogP contribution in [0.5, 0.6) is 0 Å². The van der Waals surface area contributed by atoms with E-state index in [1.54, 1.807) is 0 Å². The molecule has 1 amide bonds. The third-order valence-corrected chi connectivity index (χ3v) is 3.56. The van der Waals surface area contributed by atoms with Gasteiger partial charge in [0.1, 0.15) is 0 Å². The normalized spacial score (nSPS) is 32.8. The van der Waals surface area contributed by atoms with Crippen molar-refractivity contribution in [3.8, 4) is 0 Å². The van der Waals surface area contributed by atoms with Crippen molar-refractivity contribution in [1.82, 2.24) is 5.32 Å². The Balaban J connectivity index is 2.09. The number of nitrogens with two attached hydrogens (primary N) is 1. The summed E-state index contributed by atoms with van der Waals surface area (Å²) in [5.74, 6) is 0.753. The quantitative estimate of drug-likeness (QED) is 0.589. The molecule has 2 fully saturated rings. The van der Waals surface area contributed by atoms with Gasteiger partial charge in [0.2, 0.25) is 5.91 Å². The lowest BCUT2D eigenvalue weighted by Crippen LogP contribution is -2.53. The summed E-state index contributed by atoms with van der Waals surface area (Å²) >= 11 is 0. The zero-order valence-corrected chi connectivity index (χ0v) is 7.31. The number of nitrogens with one attached hydrogen (secondary N) is 1. The molecule has 2 aliphatic rings. The molecule has 1 aliphatic carbocycles. The first-order chi connectivity index (χ1) is 5.77. The molecular formula is C9H16N2O. The highest BCUT2D eigenvalue weighted by Gasteiger charge is 2.46. The third kappa shape index (κ3) is 1.04. The highest BCUT2D eigenvalue weighted by Crippen LogP contribution is 2.50. The molecule has 0 aromatic rings. The minimum absolute atomic E-state index is 0.222. The van der Waals surface area contributed by atoms with Gasteiger partial charge in [-0.15, -0.1) is 0 Å². The van der Waals surface area contributed by atoms with Crippen LogP contribution in [0.25, 0.3) is 0 Å². The van der Waals surface area contributed by atoms with E-state index in [0.717, 1.165) is 19.5 Å². The van der Waals surface area contributed by atoms with E-state index in [2.05, 4.69) is 5.32 Å². The molecular weight excluding hydrogens is 152 g/mol. The first-order valence-electron chi connectivity index (χ1n) is 4.74. The highest BCUT2D eigenvalue weighted by molar-refractivity contribution is 5.77. The summed E-state index contributed by atoms with van der Waals surface area (Å²) in [6.45, 7) is 1.52. The lowest BCUT2D eigenvalue weighted by atomic mass is 9.58. The lowest BCUT2D eigenvalue weighted by molar-refractivity contribution is -0.131. The molecule has 0 radical (unpaired) electrons. The molecule has 3 N–H and O–H groups in total. The lowest BCUT2D eigenvalue weighted by Gasteiger charge is -2.50. The van der Waals surface area contributed by atoms with E-state index >= 15 is 0 Å². The summed E-state index contributed by atoms with van der Waals surface area (Å²) in [6, 6.07) is 0. The molecule has 1 saturated carbocycles. The molecule has 0 bridgehead atoms. The number of hydrogen-bond acceptors (Lipinski definition) is 2. The van der Waals surface area contributed by atoms with Crippen molar-refractivity contribution in [1.29, 1.82) is 0 Å². The Morgan fingerprint density at radius 3 is 2.83 bits per heavy atom. The van der Waals surface area contributed by atoms with Gasteiger partial charge in [0.25, 0.3) is 0 Å². The minimum atomic E-state index is 0.222. The number of carbonyl (C=O) groups is 1. The number of piperidine rings is 1. The van der Waals surface area contributed by atoms with Gasteiger partial charge in [-0.3, -0.25) is 4.79 Å². The van der Waals surface area contributed by atoms with Crippen molar-refractivity contribution < 1.29 is 4.79 Å². The van der Waals surface area contributed by atoms with Crippen molar-refractivity contribution in [2.45, 2.75) is 25.7 Å². The molecule has 0 aromatic carbocycles. The van der Waals surface area contributed by atoms with Crippen molar-refractivity contribution >= 4 is 5.91 Å². The van der Waals surface area contributed by atoms with Crippen molar-refractivity contribution in [2.24, 2.45) is 17.1 Å². The van der Waals surface area contributed by atoms with Crippen LogP contribution >= 0.6 is 0 Å². The van der Waals surface area contributed by atoms with Crippen molar-refractivity contribution in [3.63, 3.8) is 0 Å². The van der Waals surface area contributed by atoms with Crippen LogP contribution in [-0.4, -0.2) is 19.0 Å². The highest BCUT2D eigenvalue weighted by atomic mass is 16.1. The minimum Gasteiger partial charge on any atom is -0.356 e. The van der Waals surface area contributed by atoms with E-state index in [9.17, 15) is 4.79 Å². The van der Waals surface area contributed by atoms with Gasteiger partial charge in [0, 0.05) is 13.0 Å². The molecule has 1 aliphatic heterocycles. The van der Waals surface area contributed by atoms with Crippen LogP contribution in [0.2, 0.25) is 0 Å². The average Bonchev–Trinajstić information content (AvgIpc) is 2.01. The maximum Gasteiger partial charge on any atom is 0.220 e. The smallest absolute Gasteiger partial charge is 0.220 e. The molecule has 1 saturated heterocycles. The third-order valence-electron chi connectivity index (χ3n) is 3.56. The number of carbonyl (C=O) groups excluding carboxylic acids is 1. The van der Waals surface area contributed by atoms with Crippen LogP contribution in [0.3, 0.4) is 0 Å². The Morgan fingerprint density at radius 2 is 2.33 bits per heavy atom. The van der Waals surface area contributed by atoms with Crippen molar-refractivity contribution in [2.75, 3.05) is 13.1 Å². The van der Waals surface area contributed by atoms with E-state index in [1.165, 1.54) is 19.3 Å². The van der Waals surface area contributed by atoms with Gasteiger partial charge in [-0.05, 0) is 30.7 Å². The Morgan fingerprint density at radius 1 is 1.58 bits per heavy atom. The summed E-state index contributed by atoms with van der Waals surface area (Å²) in [4.78, 5) is 11.2. The summed E-state index contributed by atoms with van der Waals surface area (Å²) in [5, 5.41) is 2.89. The molecule has 12 heavy (non-hydrogen) atoms. The monoisotopic (exact) mass is 168 g/mol. The van der Waals surface area contributed by atoms with Gasteiger partial charge >= 0.3 is 0 Å². The van der Waals surface area contributed by atoms with Gasteiger partial charge in [-0.2, -0.15) is 0 Å². The molecule has 1 heterocycles. The summed E-state index contributed by atoms with van der Waals surface area (Å²) in [6.07, 6.45) is 4.42. The largest absolute Gasteiger partial charge is 0.356 e. The Hall–Kier alpha value is -0.570. The summed E-state index contributed by atoms with van der Waals surface area (Å²) in [7, 11) is 0. The zero-order valence-electron chi connectivity index (χ0n) is 7.31. The fourth-order valence-corrected chi connectivity index (χ4v) is 2.53. The van der Waals surface area contributed by atoms with Crippen LogP contribution in [0.15, 0.2) is 0 Å². The van der Waals surface area contributed by atoms with E-state index in [1.807, 2.05) is 0 Å². The SMILES string of the molecule is NCC1CNC(=O)CC12CCC2. The van der Waals surface area contributed by atoms with Gasteiger partial charge in [0.15, 0.2) is 0 Å². The van der Waals surface area contributed by atoms with E-state index in [0.29, 0.717) is 11.3 Å². The summed E-state index contributed by atoms with van der Waals surface area (Å²) in [5.41, 5.74) is 5.99. The molecule has 3 heteroatoms. The maximum absolute atomic E-state index is 11.2. The second-order valence-corrected chi connectivity index (χ2v) is 4.13. The van der Waals surface area contributed by atoms with E-state index in [4.69, 9.17) is 5.73 Å². The van der Waals surface area contributed by atoms with Crippen LogP contribution < -0.4 is 11.1 Å². The molecule has 68 valence electrons. The predicted molar refractivity (Wildman–Crippen MR) is 46.5 cm³/mol. The maximum atomic E-state index is 11.2.